The Kier molecular flexibility index (Phi) is 7.65. The summed E-state index contributed by atoms with van der Waals surface area (Å²) in [5.41, 5.74) is 3.52. The van der Waals surface area contributed by atoms with E-state index in [2.05, 4.69) is 74.8 Å². The van der Waals surface area contributed by atoms with Gasteiger partial charge in [0, 0.05) is 50.7 Å². The summed E-state index contributed by atoms with van der Waals surface area (Å²) in [6.45, 7) is 3.89. The summed E-state index contributed by atoms with van der Waals surface area (Å²) in [6.07, 6.45) is 2.35. The van der Waals surface area contributed by atoms with E-state index >= 15 is 0 Å². The first-order chi connectivity index (χ1) is 19.2. The second-order valence-electron chi connectivity index (χ2n) is 10.2. The van der Waals surface area contributed by atoms with Crippen LogP contribution in [0.3, 0.4) is 0 Å². The van der Waals surface area contributed by atoms with Crippen LogP contribution in [-0.2, 0) is 11.2 Å². The Hall–Kier alpha value is -3.62. The van der Waals surface area contributed by atoms with Crippen molar-refractivity contribution in [3.8, 4) is 0 Å². The largest absolute Gasteiger partial charge is 0.338 e. The van der Waals surface area contributed by atoms with Crippen LogP contribution in [0.15, 0.2) is 84.9 Å². The van der Waals surface area contributed by atoms with Crippen molar-refractivity contribution in [1.82, 2.24) is 19.2 Å². The molecule has 0 radical (unpaired) electrons. The molecule has 3 aromatic carbocycles. The fraction of sp³-hybridized carbons (Fsp3) is 0.323. The molecule has 1 aromatic heterocycles. The summed E-state index contributed by atoms with van der Waals surface area (Å²) >= 11 is 1.35. The zero-order chi connectivity index (χ0) is 26.6. The molecule has 4 aromatic rings. The van der Waals surface area contributed by atoms with E-state index in [1.165, 1.54) is 34.8 Å². The number of carbonyl (C=O) groups excluding carboxylic acids is 1. The summed E-state index contributed by atoms with van der Waals surface area (Å²) in [7, 11) is 0. The van der Waals surface area contributed by atoms with Crippen LogP contribution in [0, 0.1) is 5.82 Å². The highest BCUT2D eigenvalue weighted by atomic mass is 32.1. The van der Waals surface area contributed by atoms with Crippen molar-refractivity contribution in [2.45, 2.75) is 31.3 Å². The SMILES string of the molecule is O=C(C1CCCN1c1nc(Cc2ccc(F)cc2)ns1)N1CCN(C(c2ccccc2)c2ccccc2)CC1. The van der Waals surface area contributed by atoms with Gasteiger partial charge in [0.15, 0.2) is 0 Å². The molecule has 0 spiro atoms. The summed E-state index contributed by atoms with van der Waals surface area (Å²) in [5, 5.41) is 0.801. The van der Waals surface area contributed by atoms with E-state index in [-0.39, 0.29) is 23.8 Å². The molecule has 2 aliphatic heterocycles. The third-order valence-corrected chi connectivity index (χ3v) is 8.53. The van der Waals surface area contributed by atoms with Crippen molar-refractivity contribution < 1.29 is 9.18 Å². The molecule has 200 valence electrons. The molecule has 8 heteroatoms. The maximum absolute atomic E-state index is 13.7. The van der Waals surface area contributed by atoms with Gasteiger partial charge in [0.05, 0.1) is 6.04 Å². The molecule has 1 unspecified atom stereocenters. The van der Waals surface area contributed by atoms with Gasteiger partial charge in [-0.3, -0.25) is 9.69 Å². The molecular formula is C31H32FN5OS. The Bertz CT molecular complexity index is 1330. The fourth-order valence-electron chi connectivity index (χ4n) is 5.77. The molecule has 0 aliphatic carbocycles. The number of aromatic nitrogens is 2. The van der Waals surface area contributed by atoms with Crippen LogP contribution in [0.2, 0.25) is 0 Å². The van der Waals surface area contributed by atoms with Crippen LogP contribution in [-0.4, -0.2) is 63.8 Å². The molecule has 2 fully saturated rings. The maximum atomic E-state index is 13.7. The molecule has 1 atom stereocenters. The highest BCUT2D eigenvalue weighted by Gasteiger charge is 2.37. The highest BCUT2D eigenvalue weighted by molar-refractivity contribution is 7.09. The third kappa shape index (κ3) is 5.72. The fourth-order valence-corrected chi connectivity index (χ4v) is 6.53. The van der Waals surface area contributed by atoms with Gasteiger partial charge in [-0.15, -0.1) is 0 Å². The molecule has 2 saturated heterocycles. The number of rotatable bonds is 7. The monoisotopic (exact) mass is 541 g/mol. The summed E-state index contributed by atoms with van der Waals surface area (Å²) in [6, 6.07) is 27.7. The Balaban J connectivity index is 1.11. The lowest BCUT2D eigenvalue weighted by molar-refractivity contribution is -0.134. The summed E-state index contributed by atoms with van der Waals surface area (Å²) in [4.78, 5) is 25.1. The van der Waals surface area contributed by atoms with Gasteiger partial charge in [-0.2, -0.15) is 4.37 Å². The van der Waals surface area contributed by atoms with Crippen molar-refractivity contribution in [2.75, 3.05) is 37.6 Å². The van der Waals surface area contributed by atoms with E-state index in [9.17, 15) is 9.18 Å². The summed E-state index contributed by atoms with van der Waals surface area (Å²) in [5.74, 6) is 0.653. The van der Waals surface area contributed by atoms with Gasteiger partial charge in [-0.1, -0.05) is 72.8 Å². The number of carbonyl (C=O) groups is 1. The van der Waals surface area contributed by atoms with Crippen LogP contribution >= 0.6 is 11.5 Å². The van der Waals surface area contributed by atoms with Crippen molar-refractivity contribution in [3.05, 3.63) is 113 Å². The third-order valence-electron chi connectivity index (χ3n) is 7.74. The number of halogens is 1. The smallest absolute Gasteiger partial charge is 0.245 e. The van der Waals surface area contributed by atoms with Gasteiger partial charge in [0.25, 0.3) is 0 Å². The number of hydrogen-bond donors (Lipinski definition) is 0. The molecule has 3 heterocycles. The van der Waals surface area contributed by atoms with Gasteiger partial charge >= 0.3 is 0 Å². The van der Waals surface area contributed by atoms with E-state index in [1.54, 1.807) is 12.1 Å². The van der Waals surface area contributed by atoms with Crippen molar-refractivity contribution in [1.29, 1.82) is 0 Å². The first kappa shape index (κ1) is 25.6. The standard InChI is InChI=1S/C31H32FN5OS/c32-26-15-13-23(14-16-26)22-28-33-31(39-34-28)37-17-7-12-27(37)30(38)36-20-18-35(19-21-36)29(24-8-3-1-4-9-24)25-10-5-2-6-11-25/h1-6,8-11,13-16,27,29H,7,12,17-22H2. The lowest BCUT2D eigenvalue weighted by Crippen LogP contribution is -2.54. The second-order valence-corrected chi connectivity index (χ2v) is 11.0. The Morgan fingerprint density at radius 1 is 0.872 bits per heavy atom. The van der Waals surface area contributed by atoms with E-state index in [1.807, 2.05) is 4.90 Å². The van der Waals surface area contributed by atoms with Crippen molar-refractivity contribution in [2.24, 2.45) is 0 Å². The van der Waals surface area contributed by atoms with E-state index < -0.39 is 0 Å². The molecular weight excluding hydrogens is 509 g/mol. The van der Waals surface area contributed by atoms with Crippen LogP contribution < -0.4 is 4.90 Å². The Labute approximate surface area is 232 Å². The molecule has 0 N–H and O–H groups in total. The molecule has 1 amide bonds. The number of nitrogens with zero attached hydrogens (tertiary/aromatic N) is 5. The minimum absolute atomic E-state index is 0.175. The van der Waals surface area contributed by atoms with Crippen LogP contribution in [0.1, 0.15) is 41.4 Å². The molecule has 0 bridgehead atoms. The number of benzene rings is 3. The first-order valence-electron chi connectivity index (χ1n) is 13.6. The van der Waals surface area contributed by atoms with Crippen LogP contribution in [0.5, 0.6) is 0 Å². The molecule has 6 rings (SSSR count). The lowest BCUT2D eigenvalue weighted by atomic mass is 9.96. The molecule has 0 saturated carbocycles. The van der Waals surface area contributed by atoms with Gasteiger partial charge in [-0.05, 0) is 41.7 Å². The number of amides is 1. The number of piperazine rings is 1. The first-order valence-corrected chi connectivity index (χ1v) is 14.4. The average molecular weight is 542 g/mol. The van der Waals surface area contributed by atoms with E-state index in [4.69, 9.17) is 4.98 Å². The maximum Gasteiger partial charge on any atom is 0.245 e. The molecule has 6 nitrogen and oxygen atoms in total. The predicted molar refractivity (Wildman–Crippen MR) is 152 cm³/mol. The Morgan fingerprint density at radius 2 is 1.51 bits per heavy atom. The zero-order valence-electron chi connectivity index (χ0n) is 21.8. The van der Waals surface area contributed by atoms with Gasteiger partial charge in [-0.25, -0.2) is 9.37 Å². The molecule has 39 heavy (non-hydrogen) atoms. The van der Waals surface area contributed by atoms with Gasteiger partial charge in [0.1, 0.15) is 17.7 Å². The summed E-state index contributed by atoms with van der Waals surface area (Å²) < 4.78 is 17.8. The second kappa shape index (κ2) is 11.6. The lowest BCUT2D eigenvalue weighted by Gasteiger charge is -2.41. The predicted octanol–water partition coefficient (Wildman–Crippen LogP) is 5.17. The topological polar surface area (TPSA) is 52.6 Å². The van der Waals surface area contributed by atoms with Crippen molar-refractivity contribution >= 4 is 22.6 Å². The molecule has 2 aliphatic rings. The van der Waals surface area contributed by atoms with Gasteiger partial charge < -0.3 is 9.80 Å². The minimum atomic E-state index is -0.249. The minimum Gasteiger partial charge on any atom is -0.338 e. The highest BCUT2D eigenvalue weighted by Crippen LogP contribution is 2.32. The number of hydrogen-bond acceptors (Lipinski definition) is 6. The number of anilines is 1. The average Bonchev–Trinajstić information content (AvgIpc) is 3.66. The van der Waals surface area contributed by atoms with Crippen LogP contribution in [0.25, 0.3) is 0 Å². The normalized spacial score (nSPS) is 18.2. The van der Waals surface area contributed by atoms with Crippen LogP contribution in [0.4, 0.5) is 9.52 Å². The zero-order valence-corrected chi connectivity index (χ0v) is 22.6. The Morgan fingerprint density at radius 3 is 2.15 bits per heavy atom. The van der Waals surface area contributed by atoms with E-state index in [0.717, 1.165) is 43.2 Å². The van der Waals surface area contributed by atoms with E-state index in [0.29, 0.717) is 25.3 Å². The van der Waals surface area contributed by atoms with Gasteiger partial charge in [0.2, 0.25) is 11.0 Å². The quantitative estimate of drug-likeness (QED) is 0.323. The van der Waals surface area contributed by atoms with Crippen molar-refractivity contribution in [3.63, 3.8) is 0 Å².